The third kappa shape index (κ3) is 9.23. The topological polar surface area (TPSA) is 55.4 Å². The van der Waals surface area contributed by atoms with Gasteiger partial charge in [-0.25, -0.2) is 4.79 Å². The molecule has 20 heavy (non-hydrogen) atoms. The number of ether oxygens (including phenoxy) is 1. The van der Waals surface area contributed by atoms with Gasteiger partial charge in [0, 0.05) is 0 Å². The molecule has 4 nitrogen and oxygen atoms in total. The van der Waals surface area contributed by atoms with E-state index in [4.69, 9.17) is 4.74 Å². The van der Waals surface area contributed by atoms with Crippen molar-refractivity contribution in [2.75, 3.05) is 11.5 Å². The summed E-state index contributed by atoms with van der Waals surface area (Å²) < 4.78 is 5.34. The first-order valence-corrected chi connectivity index (χ1v) is 8.42. The van der Waals surface area contributed by atoms with Crippen molar-refractivity contribution < 1.29 is 14.3 Å². The van der Waals surface area contributed by atoms with Crippen LogP contribution >= 0.6 is 11.8 Å². The predicted molar refractivity (Wildman–Crippen MR) is 84.8 cm³/mol. The SMILES string of the molecule is CCCCSCC(=O)N[C@@H](C(=O)OC(C)(C)C)C(C)C. The van der Waals surface area contributed by atoms with Gasteiger partial charge in [-0.15, -0.1) is 0 Å². The molecule has 1 atom stereocenters. The monoisotopic (exact) mass is 303 g/mol. The molecule has 1 amide bonds. The van der Waals surface area contributed by atoms with Gasteiger partial charge in [-0.05, 0) is 38.9 Å². The number of esters is 1. The number of hydrogen-bond donors (Lipinski definition) is 1. The lowest BCUT2D eigenvalue weighted by Crippen LogP contribution is -2.47. The van der Waals surface area contributed by atoms with Gasteiger partial charge in [0.15, 0.2) is 0 Å². The Morgan fingerprint density at radius 3 is 2.30 bits per heavy atom. The second kappa shape index (κ2) is 9.27. The Balaban J connectivity index is 4.33. The first-order chi connectivity index (χ1) is 9.17. The number of rotatable bonds is 8. The molecule has 0 aliphatic carbocycles. The van der Waals surface area contributed by atoms with Gasteiger partial charge in [0.25, 0.3) is 0 Å². The molecule has 0 aliphatic heterocycles. The van der Waals surface area contributed by atoms with Gasteiger partial charge in [0.05, 0.1) is 5.75 Å². The second-order valence-corrected chi connectivity index (χ2v) is 7.33. The normalized spacial score (nSPS) is 13.2. The van der Waals surface area contributed by atoms with Crippen molar-refractivity contribution in [1.29, 1.82) is 0 Å². The van der Waals surface area contributed by atoms with E-state index in [1.54, 1.807) is 11.8 Å². The molecular formula is C15H29NO3S. The quantitative estimate of drug-likeness (QED) is 0.553. The third-order valence-electron chi connectivity index (χ3n) is 2.52. The number of thioether (sulfide) groups is 1. The Bertz CT molecular complexity index is 311. The van der Waals surface area contributed by atoms with E-state index in [1.165, 1.54) is 0 Å². The largest absolute Gasteiger partial charge is 0.458 e. The second-order valence-electron chi connectivity index (χ2n) is 6.23. The van der Waals surface area contributed by atoms with Crippen LogP contribution in [0.15, 0.2) is 0 Å². The Labute approximate surface area is 127 Å². The van der Waals surface area contributed by atoms with E-state index in [9.17, 15) is 9.59 Å². The summed E-state index contributed by atoms with van der Waals surface area (Å²) in [6, 6.07) is -0.575. The minimum absolute atomic E-state index is 0.00874. The summed E-state index contributed by atoms with van der Waals surface area (Å²) in [7, 11) is 0. The Morgan fingerprint density at radius 2 is 1.85 bits per heavy atom. The van der Waals surface area contributed by atoms with Crippen LogP contribution in [0.25, 0.3) is 0 Å². The first-order valence-electron chi connectivity index (χ1n) is 7.27. The summed E-state index contributed by atoms with van der Waals surface area (Å²) in [5, 5.41) is 2.78. The van der Waals surface area contributed by atoms with Crippen LogP contribution in [0.5, 0.6) is 0 Å². The first kappa shape index (κ1) is 19.3. The molecule has 5 heteroatoms. The fourth-order valence-electron chi connectivity index (χ4n) is 1.49. The highest BCUT2D eigenvalue weighted by Crippen LogP contribution is 2.13. The average molecular weight is 303 g/mol. The third-order valence-corrected chi connectivity index (χ3v) is 3.56. The maximum Gasteiger partial charge on any atom is 0.329 e. The fraction of sp³-hybridized carbons (Fsp3) is 0.867. The smallest absolute Gasteiger partial charge is 0.329 e. The van der Waals surface area contributed by atoms with Gasteiger partial charge < -0.3 is 10.1 Å². The zero-order chi connectivity index (χ0) is 15.8. The number of amides is 1. The minimum atomic E-state index is -0.575. The highest BCUT2D eigenvalue weighted by molar-refractivity contribution is 7.99. The van der Waals surface area contributed by atoms with Crippen LogP contribution in [0.2, 0.25) is 0 Å². The average Bonchev–Trinajstić information content (AvgIpc) is 2.29. The molecule has 0 aromatic heterocycles. The molecule has 0 aliphatic rings. The van der Waals surface area contributed by atoms with E-state index in [0.717, 1.165) is 18.6 Å². The van der Waals surface area contributed by atoms with E-state index in [2.05, 4.69) is 12.2 Å². The standard InChI is InChI=1S/C15H29NO3S/c1-7-8-9-20-10-12(17)16-13(11(2)3)14(18)19-15(4,5)6/h11,13H,7-10H2,1-6H3,(H,16,17)/t13-/m1/s1. The molecule has 0 saturated carbocycles. The summed E-state index contributed by atoms with van der Waals surface area (Å²) >= 11 is 1.60. The summed E-state index contributed by atoms with van der Waals surface area (Å²) in [6.07, 6.45) is 2.23. The van der Waals surface area contributed by atoms with Crippen LogP contribution in [0.4, 0.5) is 0 Å². The van der Waals surface area contributed by atoms with E-state index in [1.807, 2.05) is 34.6 Å². The molecule has 0 heterocycles. The van der Waals surface area contributed by atoms with Gasteiger partial charge in [0.2, 0.25) is 5.91 Å². The lowest BCUT2D eigenvalue weighted by Gasteiger charge is -2.26. The van der Waals surface area contributed by atoms with E-state index in [0.29, 0.717) is 5.75 Å². The van der Waals surface area contributed by atoms with Crippen molar-refractivity contribution in [1.82, 2.24) is 5.32 Å². The molecule has 0 unspecified atom stereocenters. The Kier molecular flexibility index (Phi) is 8.94. The molecule has 118 valence electrons. The molecule has 1 N–H and O–H groups in total. The number of hydrogen-bond acceptors (Lipinski definition) is 4. The Morgan fingerprint density at radius 1 is 1.25 bits per heavy atom. The summed E-state index contributed by atoms with van der Waals surface area (Å²) in [5.41, 5.74) is -0.537. The lowest BCUT2D eigenvalue weighted by atomic mass is 10.0. The molecule has 0 fully saturated rings. The number of carbonyl (C=O) groups excluding carboxylic acids is 2. The summed E-state index contributed by atoms with van der Waals surface area (Å²) in [5.74, 6) is 0.916. The molecule has 0 saturated heterocycles. The molecule has 0 rings (SSSR count). The van der Waals surface area contributed by atoms with E-state index in [-0.39, 0.29) is 17.8 Å². The fourth-order valence-corrected chi connectivity index (χ4v) is 2.40. The highest BCUT2D eigenvalue weighted by Gasteiger charge is 2.28. The van der Waals surface area contributed by atoms with Crippen LogP contribution in [0.3, 0.4) is 0 Å². The molecule has 0 aromatic rings. The van der Waals surface area contributed by atoms with Crippen molar-refractivity contribution in [2.45, 2.75) is 66.0 Å². The van der Waals surface area contributed by atoms with Gasteiger partial charge in [-0.1, -0.05) is 27.2 Å². The van der Waals surface area contributed by atoms with Gasteiger partial charge in [0.1, 0.15) is 11.6 Å². The van der Waals surface area contributed by atoms with Gasteiger partial charge in [-0.3, -0.25) is 4.79 Å². The van der Waals surface area contributed by atoms with Gasteiger partial charge >= 0.3 is 5.97 Å². The molecule has 0 aromatic carbocycles. The van der Waals surface area contributed by atoms with Crippen LogP contribution in [0, 0.1) is 5.92 Å². The van der Waals surface area contributed by atoms with E-state index >= 15 is 0 Å². The predicted octanol–water partition coefficient (Wildman–Crippen LogP) is 3.00. The number of nitrogens with one attached hydrogen (secondary N) is 1. The number of unbranched alkanes of at least 4 members (excludes halogenated alkanes) is 1. The maximum atomic E-state index is 12.1. The van der Waals surface area contributed by atoms with Crippen molar-refractivity contribution in [3.05, 3.63) is 0 Å². The van der Waals surface area contributed by atoms with Crippen molar-refractivity contribution in [3.63, 3.8) is 0 Å². The molecule has 0 radical (unpaired) electrons. The van der Waals surface area contributed by atoms with Crippen molar-refractivity contribution in [2.24, 2.45) is 5.92 Å². The molecular weight excluding hydrogens is 274 g/mol. The zero-order valence-corrected chi connectivity index (χ0v) is 14.4. The number of carbonyl (C=O) groups is 2. The molecule has 0 spiro atoms. The minimum Gasteiger partial charge on any atom is -0.458 e. The molecule has 0 bridgehead atoms. The van der Waals surface area contributed by atoms with Crippen LogP contribution in [-0.4, -0.2) is 35.0 Å². The van der Waals surface area contributed by atoms with Crippen molar-refractivity contribution >= 4 is 23.6 Å². The Hall–Kier alpha value is -0.710. The van der Waals surface area contributed by atoms with Crippen LogP contribution < -0.4 is 5.32 Å². The lowest BCUT2D eigenvalue weighted by molar-refractivity contribution is -0.159. The maximum absolute atomic E-state index is 12.1. The van der Waals surface area contributed by atoms with E-state index < -0.39 is 11.6 Å². The van der Waals surface area contributed by atoms with Gasteiger partial charge in [-0.2, -0.15) is 11.8 Å². The highest BCUT2D eigenvalue weighted by atomic mass is 32.2. The summed E-state index contributed by atoms with van der Waals surface area (Å²) in [4.78, 5) is 23.9. The van der Waals surface area contributed by atoms with Crippen molar-refractivity contribution in [3.8, 4) is 0 Å². The zero-order valence-electron chi connectivity index (χ0n) is 13.6. The van der Waals surface area contributed by atoms with Crippen LogP contribution in [-0.2, 0) is 14.3 Å². The van der Waals surface area contributed by atoms with Crippen LogP contribution in [0.1, 0.15) is 54.4 Å². The summed E-state index contributed by atoms with van der Waals surface area (Å²) in [6.45, 7) is 11.4.